The molecule has 2 aromatic carbocycles. The molecule has 30 heavy (non-hydrogen) atoms. The molecule has 158 valence electrons. The minimum atomic E-state index is 0.0619. The molecule has 1 aliphatic heterocycles. The van der Waals surface area contributed by atoms with Crippen LogP contribution in [0.1, 0.15) is 75.6 Å². The van der Waals surface area contributed by atoms with Crippen LogP contribution in [0.2, 0.25) is 5.02 Å². The number of aromatic amines is 1. The summed E-state index contributed by atoms with van der Waals surface area (Å²) in [6, 6.07) is 17.1. The van der Waals surface area contributed by atoms with Crippen molar-refractivity contribution in [2.45, 2.75) is 64.3 Å². The number of benzene rings is 2. The zero-order valence-corrected chi connectivity index (χ0v) is 19.2. The van der Waals surface area contributed by atoms with E-state index in [1.165, 1.54) is 59.8 Å². The number of H-pyrrole nitrogens is 1. The highest BCUT2D eigenvalue weighted by atomic mass is 35.5. The number of aromatic nitrogens is 1. The highest BCUT2D eigenvalue weighted by molar-refractivity contribution is 6.31. The Bertz CT molecular complexity index is 1060. The highest BCUT2D eigenvalue weighted by Gasteiger charge is 2.46. The molecule has 0 amide bonds. The number of para-hydroxylation sites is 1. The lowest BCUT2D eigenvalue weighted by atomic mass is 9.63. The van der Waals surface area contributed by atoms with Crippen LogP contribution >= 0.6 is 11.6 Å². The molecule has 1 spiro atoms. The second-order valence-electron chi connectivity index (χ2n) is 10.1. The van der Waals surface area contributed by atoms with E-state index in [-0.39, 0.29) is 11.5 Å². The van der Waals surface area contributed by atoms with Gasteiger partial charge in [0, 0.05) is 34.1 Å². The summed E-state index contributed by atoms with van der Waals surface area (Å²) in [4.78, 5) is 3.86. The van der Waals surface area contributed by atoms with E-state index in [0.717, 1.165) is 17.5 Å². The number of hydrogen-bond acceptors (Lipinski definition) is 1. The fourth-order valence-electron chi connectivity index (χ4n) is 6.02. The van der Waals surface area contributed by atoms with Gasteiger partial charge in [-0.1, -0.05) is 75.2 Å². The molecule has 2 heterocycles. The van der Waals surface area contributed by atoms with Gasteiger partial charge in [-0.3, -0.25) is 0 Å². The van der Waals surface area contributed by atoms with Gasteiger partial charge in [-0.25, -0.2) is 0 Å². The third kappa shape index (κ3) is 3.11. The van der Waals surface area contributed by atoms with Gasteiger partial charge in [-0.2, -0.15) is 0 Å². The Morgan fingerprint density at radius 3 is 2.47 bits per heavy atom. The van der Waals surface area contributed by atoms with Gasteiger partial charge in [-0.15, -0.1) is 0 Å². The quantitative estimate of drug-likeness (QED) is 0.454. The van der Waals surface area contributed by atoms with E-state index in [2.05, 4.69) is 67.5 Å². The van der Waals surface area contributed by atoms with E-state index in [4.69, 9.17) is 11.6 Å². The summed E-state index contributed by atoms with van der Waals surface area (Å²) < 4.78 is 0. The Balaban J connectivity index is 1.59. The minimum absolute atomic E-state index is 0.0619. The minimum Gasteiger partial charge on any atom is -0.357 e. The molecule has 1 atom stereocenters. The second kappa shape index (κ2) is 7.43. The predicted molar refractivity (Wildman–Crippen MR) is 127 cm³/mol. The van der Waals surface area contributed by atoms with Crippen LogP contribution in [-0.4, -0.2) is 11.5 Å². The van der Waals surface area contributed by atoms with Crippen LogP contribution in [0.5, 0.6) is 0 Å². The number of hydrogen-bond donors (Lipinski definition) is 2. The van der Waals surface area contributed by atoms with E-state index in [1.54, 1.807) is 0 Å². The molecular weight excluding hydrogens is 388 g/mol. The smallest absolute Gasteiger partial charge is 0.0590 e. The van der Waals surface area contributed by atoms with Crippen LogP contribution in [0.4, 0.5) is 0 Å². The first-order chi connectivity index (χ1) is 14.5. The number of rotatable bonds is 3. The summed E-state index contributed by atoms with van der Waals surface area (Å²) in [5.41, 5.74) is 5.84. The van der Waals surface area contributed by atoms with E-state index >= 15 is 0 Å². The lowest BCUT2D eigenvalue weighted by Gasteiger charge is -2.48. The lowest BCUT2D eigenvalue weighted by molar-refractivity contribution is 0.0916. The van der Waals surface area contributed by atoms with Crippen molar-refractivity contribution < 1.29 is 0 Å². The zero-order chi connectivity index (χ0) is 20.9. The molecule has 3 heteroatoms. The molecule has 0 unspecified atom stereocenters. The van der Waals surface area contributed by atoms with Gasteiger partial charge in [0.1, 0.15) is 0 Å². The Hall–Kier alpha value is -1.77. The van der Waals surface area contributed by atoms with Crippen molar-refractivity contribution in [3.63, 3.8) is 0 Å². The van der Waals surface area contributed by atoms with Crippen molar-refractivity contribution in [1.82, 2.24) is 10.3 Å². The maximum atomic E-state index is 6.67. The van der Waals surface area contributed by atoms with Crippen LogP contribution in [0, 0.1) is 11.3 Å². The molecule has 1 saturated carbocycles. The third-order valence-electron chi connectivity index (χ3n) is 8.35. The molecule has 1 aliphatic carbocycles. The maximum absolute atomic E-state index is 6.67. The summed E-state index contributed by atoms with van der Waals surface area (Å²) in [6.07, 6.45) is 6.25. The Morgan fingerprint density at radius 1 is 1.03 bits per heavy atom. The topological polar surface area (TPSA) is 27.8 Å². The SMILES string of the molecule is CCC(C)(C)C1CCC2(CC1)NC[C@@H](c1ccccc1Cl)c1c2[nH]c2ccccc12. The number of halogens is 1. The molecule has 0 radical (unpaired) electrons. The average molecular weight is 421 g/mol. The first kappa shape index (κ1) is 20.2. The number of fused-ring (bicyclic) bond motifs is 4. The Labute approximate surface area is 185 Å². The monoisotopic (exact) mass is 420 g/mol. The van der Waals surface area contributed by atoms with Gasteiger partial charge in [0.25, 0.3) is 0 Å². The molecule has 1 aromatic heterocycles. The van der Waals surface area contributed by atoms with Gasteiger partial charge in [0.2, 0.25) is 0 Å². The highest BCUT2D eigenvalue weighted by Crippen LogP contribution is 2.51. The normalized spacial score (nSPS) is 26.8. The van der Waals surface area contributed by atoms with Crippen molar-refractivity contribution in [2.75, 3.05) is 6.54 Å². The Kier molecular flexibility index (Phi) is 4.99. The van der Waals surface area contributed by atoms with Crippen LogP contribution in [0.25, 0.3) is 10.9 Å². The van der Waals surface area contributed by atoms with Crippen molar-refractivity contribution in [2.24, 2.45) is 11.3 Å². The van der Waals surface area contributed by atoms with Crippen LogP contribution in [0.15, 0.2) is 48.5 Å². The fraction of sp³-hybridized carbons (Fsp3) is 0.481. The summed E-state index contributed by atoms with van der Waals surface area (Å²) in [6.45, 7) is 8.19. The van der Waals surface area contributed by atoms with Crippen LogP contribution in [0.3, 0.4) is 0 Å². The van der Waals surface area contributed by atoms with Gasteiger partial charge >= 0.3 is 0 Å². The average Bonchev–Trinajstić information content (AvgIpc) is 3.16. The Morgan fingerprint density at radius 2 is 1.73 bits per heavy atom. The van der Waals surface area contributed by atoms with Crippen LogP contribution < -0.4 is 5.32 Å². The van der Waals surface area contributed by atoms with E-state index in [9.17, 15) is 0 Å². The summed E-state index contributed by atoms with van der Waals surface area (Å²) in [5.74, 6) is 1.09. The fourth-order valence-corrected chi connectivity index (χ4v) is 6.29. The molecule has 2 aliphatic rings. The second-order valence-corrected chi connectivity index (χ2v) is 10.5. The van der Waals surface area contributed by atoms with E-state index < -0.39 is 0 Å². The molecule has 0 bridgehead atoms. The van der Waals surface area contributed by atoms with Gasteiger partial charge < -0.3 is 10.3 Å². The van der Waals surface area contributed by atoms with Gasteiger partial charge in [0.15, 0.2) is 0 Å². The molecule has 1 fully saturated rings. The molecular formula is C27H33ClN2. The summed E-state index contributed by atoms with van der Waals surface area (Å²) in [5, 5.41) is 6.25. The first-order valence-corrected chi connectivity index (χ1v) is 11.9. The van der Waals surface area contributed by atoms with Gasteiger partial charge in [0.05, 0.1) is 5.54 Å². The molecule has 2 N–H and O–H groups in total. The molecule has 3 aromatic rings. The standard InChI is InChI=1S/C27H33ClN2/c1-4-26(2,3)18-13-15-27(16-14-18)25-24(20-10-6-8-12-23(20)30-25)21(17-29-27)19-9-5-7-11-22(19)28/h5-12,18,21,29-30H,4,13-17H2,1-3H3/t18?,21-,27?/m0/s1. The van der Waals surface area contributed by atoms with E-state index in [0.29, 0.717) is 5.41 Å². The summed E-state index contributed by atoms with van der Waals surface area (Å²) >= 11 is 6.67. The van der Waals surface area contributed by atoms with Crippen molar-refractivity contribution in [1.29, 1.82) is 0 Å². The van der Waals surface area contributed by atoms with Crippen molar-refractivity contribution in [3.8, 4) is 0 Å². The first-order valence-electron chi connectivity index (χ1n) is 11.6. The predicted octanol–water partition coefficient (Wildman–Crippen LogP) is 7.38. The van der Waals surface area contributed by atoms with Gasteiger partial charge in [-0.05, 0) is 60.3 Å². The molecule has 2 nitrogen and oxygen atoms in total. The zero-order valence-electron chi connectivity index (χ0n) is 18.4. The maximum Gasteiger partial charge on any atom is 0.0590 e. The van der Waals surface area contributed by atoms with Crippen molar-refractivity contribution >= 4 is 22.5 Å². The summed E-state index contributed by atoms with van der Waals surface area (Å²) in [7, 11) is 0. The molecule has 5 rings (SSSR count). The van der Waals surface area contributed by atoms with Crippen LogP contribution in [-0.2, 0) is 5.54 Å². The van der Waals surface area contributed by atoms with Crippen molar-refractivity contribution in [3.05, 3.63) is 70.4 Å². The third-order valence-corrected chi connectivity index (χ3v) is 8.70. The largest absolute Gasteiger partial charge is 0.357 e. The number of nitrogens with one attached hydrogen (secondary N) is 2. The van der Waals surface area contributed by atoms with E-state index in [1.807, 2.05) is 12.1 Å². The molecule has 0 saturated heterocycles. The lowest BCUT2D eigenvalue weighted by Crippen LogP contribution is -2.51.